The Morgan fingerprint density at radius 3 is 1.69 bits per heavy atom. The van der Waals surface area contributed by atoms with Crippen LogP contribution in [0.15, 0.2) is 48.5 Å². The van der Waals surface area contributed by atoms with Crippen molar-refractivity contribution in [3.63, 3.8) is 0 Å². The lowest BCUT2D eigenvalue weighted by Gasteiger charge is -2.14. The highest BCUT2D eigenvalue weighted by Crippen LogP contribution is 2.30. The van der Waals surface area contributed by atoms with E-state index in [4.69, 9.17) is 0 Å². The van der Waals surface area contributed by atoms with E-state index in [2.05, 4.69) is 5.32 Å². The van der Waals surface area contributed by atoms with Crippen LogP contribution in [0.1, 0.15) is 33.2 Å². The van der Waals surface area contributed by atoms with Gasteiger partial charge in [0.1, 0.15) is 0 Å². The number of halogens is 6. The quantitative estimate of drug-likeness (QED) is 0.786. The number of aliphatic hydroxyl groups excluding tert-OH is 1. The predicted molar refractivity (Wildman–Crippen MR) is 80.2 cm³/mol. The van der Waals surface area contributed by atoms with Gasteiger partial charge in [0.25, 0.3) is 5.91 Å². The zero-order valence-corrected chi connectivity index (χ0v) is 13.0. The third-order valence-electron chi connectivity index (χ3n) is 3.55. The molecule has 0 aliphatic heterocycles. The molecule has 2 aromatic carbocycles. The van der Waals surface area contributed by atoms with E-state index < -0.39 is 35.5 Å². The molecule has 0 saturated carbocycles. The monoisotopic (exact) mass is 377 g/mol. The molecule has 1 unspecified atom stereocenters. The van der Waals surface area contributed by atoms with Crippen molar-refractivity contribution in [3.05, 3.63) is 70.8 Å². The van der Waals surface area contributed by atoms with Crippen LogP contribution >= 0.6 is 0 Å². The van der Waals surface area contributed by atoms with Gasteiger partial charge in [-0.15, -0.1) is 0 Å². The lowest BCUT2D eigenvalue weighted by molar-refractivity contribution is -0.138. The van der Waals surface area contributed by atoms with Gasteiger partial charge in [-0.1, -0.05) is 12.1 Å². The Balaban J connectivity index is 1.96. The van der Waals surface area contributed by atoms with E-state index in [1.807, 2.05) is 0 Å². The second-order valence-electron chi connectivity index (χ2n) is 5.42. The van der Waals surface area contributed by atoms with Gasteiger partial charge in [-0.2, -0.15) is 26.3 Å². The fourth-order valence-electron chi connectivity index (χ4n) is 2.11. The van der Waals surface area contributed by atoms with E-state index in [0.29, 0.717) is 0 Å². The summed E-state index contributed by atoms with van der Waals surface area (Å²) in [7, 11) is 0. The molecule has 0 saturated heterocycles. The number of carbonyl (C=O) groups is 1. The van der Waals surface area contributed by atoms with E-state index in [9.17, 15) is 36.2 Å². The molecular weight excluding hydrogens is 364 g/mol. The van der Waals surface area contributed by atoms with Crippen LogP contribution < -0.4 is 5.32 Å². The molecule has 1 atom stereocenters. The SMILES string of the molecule is O=C(NCC(O)c1ccc(C(F)(F)F)cc1)c1ccc(C(F)(F)F)cc1. The van der Waals surface area contributed by atoms with Crippen molar-refractivity contribution in [2.45, 2.75) is 18.5 Å². The molecule has 3 nitrogen and oxygen atoms in total. The van der Waals surface area contributed by atoms with Crippen LogP contribution in [0.4, 0.5) is 26.3 Å². The first-order valence-corrected chi connectivity index (χ1v) is 7.29. The molecule has 140 valence electrons. The number of nitrogens with one attached hydrogen (secondary N) is 1. The van der Waals surface area contributed by atoms with Crippen LogP contribution in [0, 0.1) is 0 Å². The third kappa shape index (κ3) is 4.98. The molecule has 0 aliphatic carbocycles. The first-order chi connectivity index (χ1) is 12.0. The van der Waals surface area contributed by atoms with Gasteiger partial charge in [0, 0.05) is 12.1 Å². The maximum Gasteiger partial charge on any atom is 0.416 e. The average molecular weight is 377 g/mol. The second-order valence-corrected chi connectivity index (χ2v) is 5.42. The Kier molecular flexibility index (Phi) is 5.60. The summed E-state index contributed by atoms with van der Waals surface area (Å²) in [5.41, 5.74) is -1.66. The Morgan fingerprint density at radius 2 is 1.27 bits per heavy atom. The highest BCUT2D eigenvalue weighted by Gasteiger charge is 2.31. The van der Waals surface area contributed by atoms with Crippen molar-refractivity contribution in [2.24, 2.45) is 0 Å². The highest BCUT2D eigenvalue weighted by atomic mass is 19.4. The Morgan fingerprint density at radius 1 is 0.846 bits per heavy atom. The molecule has 0 spiro atoms. The van der Waals surface area contributed by atoms with Gasteiger partial charge in [-0.3, -0.25) is 4.79 Å². The van der Waals surface area contributed by atoms with Crippen LogP contribution in [-0.4, -0.2) is 17.6 Å². The summed E-state index contributed by atoms with van der Waals surface area (Å²) in [5, 5.41) is 12.2. The van der Waals surface area contributed by atoms with Crippen molar-refractivity contribution >= 4 is 5.91 Å². The number of alkyl halides is 6. The zero-order chi connectivity index (χ0) is 19.5. The van der Waals surface area contributed by atoms with Crippen LogP contribution in [0.2, 0.25) is 0 Å². The number of hydrogen-bond donors (Lipinski definition) is 2. The van der Waals surface area contributed by atoms with E-state index in [1.165, 1.54) is 0 Å². The molecule has 0 aromatic heterocycles. The topological polar surface area (TPSA) is 49.3 Å². The average Bonchev–Trinajstić information content (AvgIpc) is 2.58. The number of amides is 1. The van der Waals surface area contributed by atoms with Gasteiger partial charge in [0.05, 0.1) is 17.2 Å². The van der Waals surface area contributed by atoms with Gasteiger partial charge in [-0.25, -0.2) is 0 Å². The van der Waals surface area contributed by atoms with Gasteiger partial charge in [0.2, 0.25) is 0 Å². The fourth-order valence-corrected chi connectivity index (χ4v) is 2.11. The van der Waals surface area contributed by atoms with Crippen molar-refractivity contribution in [2.75, 3.05) is 6.54 Å². The summed E-state index contributed by atoms with van der Waals surface area (Å²) in [4.78, 5) is 11.9. The number of aliphatic hydroxyl groups is 1. The molecule has 2 aromatic rings. The highest BCUT2D eigenvalue weighted by molar-refractivity contribution is 5.94. The minimum atomic E-state index is -4.52. The van der Waals surface area contributed by atoms with Crippen molar-refractivity contribution in [3.8, 4) is 0 Å². The summed E-state index contributed by atoms with van der Waals surface area (Å²) < 4.78 is 74.8. The molecule has 1 amide bonds. The molecular formula is C17H13F6NO2. The minimum Gasteiger partial charge on any atom is -0.387 e. The molecule has 0 bridgehead atoms. The largest absolute Gasteiger partial charge is 0.416 e. The van der Waals surface area contributed by atoms with Crippen LogP contribution in [-0.2, 0) is 12.4 Å². The summed E-state index contributed by atoms with van der Waals surface area (Å²) in [5.74, 6) is -0.718. The fraction of sp³-hybridized carbons (Fsp3) is 0.235. The standard InChI is InChI=1S/C17H13F6NO2/c18-16(19,20)12-5-1-10(2-6-12)14(25)9-24-15(26)11-3-7-13(8-4-11)17(21,22)23/h1-8,14,25H,9H2,(H,24,26). The molecule has 0 heterocycles. The second kappa shape index (κ2) is 7.36. The molecule has 2 rings (SSSR count). The summed E-state index contributed by atoms with van der Waals surface area (Å²) in [6.07, 6.45) is -10.3. The van der Waals surface area contributed by atoms with Gasteiger partial charge in [0.15, 0.2) is 0 Å². The van der Waals surface area contributed by atoms with Gasteiger partial charge in [-0.05, 0) is 42.0 Å². The smallest absolute Gasteiger partial charge is 0.387 e. The number of hydrogen-bond acceptors (Lipinski definition) is 2. The maximum absolute atomic E-state index is 12.5. The van der Waals surface area contributed by atoms with Crippen LogP contribution in [0.3, 0.4) is 0 Å². The van der Waals surface area contributed by atoms with Crippen LogP contribution in [0.5, 0.6) is 0 Å². The van der Waals surface area contributed by atoms with E-state index in [1.54, 1.807) is 0 Å². The zero-order valence-electron chi connectivity index (χ0n) is 13.0. The molecule has 0 radical (unpaired) electrons. The van der Waals surface area contributed by atoms with E-state index in [0.717, 1.165) is 48.5 Å². The molecule has 26 heavy (non-hydrogen) atoms. The first kappa shape index (κ1) is 19.8. The number of carbonyl (C=O) groups excluding carboxylic acids is 1. The first-order valence-electron chi connectivity index (χ1n) is 7.29. The van der Waals surface area contributed by atoms with Crippen molar-refractivity contribution in [1.82, 2.24) is 5.32 Å². The van der Waals surface area contributed by atoms with Crippen LogP contribution in [0.25, 0.3) is 0 Å². The third-order valence-corrected chi connectivity index (χ3v) is 3.55. The molecule has 9 heteroatoms. The van der Waals surface area contributed by atoms with Gasteiger partial charge < -0.3 is 10.4 Å². The number of benzene rings is 2. The Hall–Kier alpha value is -2.55. The number of rotatable bonds is 4. The predicted octanol–water partition coefficient (Wildman–Crippen LogP) is 4.19. The van der Waals surface area contributed by atoms with E-state index in [-0.39, 0.29) is 17.7 Å². The van der Waals surface area contributed by atoms with Crippen molar-refractivity contribution < 1.29 is 36.2 Å². The summed E-state index contributed by atoms with van der Waals surface area (Å²) in [6, 6.07) is 7.25. The molecule has 0 aliphatic rings. The Bertz CT molecular complexity index is 751. The van der Waals surface area contributed by atoms with Gasteiger partial charge >= 0.3 is 12.4 Å². The lowest BCUT2D eigenvalue weighted by Crippen LogP contribution is -2.28. The normalized spacial score (nSPS) is 13.3. The minimum absolute atomic E-state index is 0.0439. The Labute approximate surface area is 144 Å². The van der Waals surface area contributed by atoms with E-state index >= 15 is 0 Å². The lowest BCUT2D eigenvalue weighted by atomic mass is 10.1. The molecule has 0 fully saturated rings. The molecule has 2 N–H and O–H groups in total. The summed E-state index contributed by atoms with van der Waals surface area (Å²) in [6.45, 7) is -0.314. The van der Waals surface area contributed by atoms with Crippen molar-refractivity contribution in [1.29, 1.82) is 0 Å². The maximum atomic E-state index is 12.5. The summed E-state index contributed by atoms with van der Waals surface area (Å²) >= 11 is 0.